The number of anilines is 2. The summed E-state index contributed by atoms with van der Waals surface area (Å²) in [6.45, 7) is 6.63. The van der Waals surface area contributed by atoms with Gasteiger partial charge in [0, 0.05) is 42.7 Å². The molecular weight excluding hydrogens is 516 g/mol. The van der Waals surface area contributed by atoms with Gasteiger partial charge in [0.15, 0.2) is 11.5 Å². The fourth-order valence-corrected chi connectivity index (χ4v) is 4.70. The summed E-state index contributed by atoms with van der Waals surface area (Å²) in [5, 5.41) is 6.37. The van der Waals surface area contributed by atoms with Crippen LogP contribution in [0.25, 0.3) is 16.9 Å². The number of rotatable bonds is 6. The van der Waals surface area contributed by atoms with Crippen LogP contribution in [0.5, 0.6) is 0 Å². The molecule has 0 atom stereocenters. The van der Waals surface area contributed by atoms with Crippen molar-refractivity contribution >= 4 is 22.7 Å². The van der Waals surface area contributed by atoms with E-state index in [1.54, 1.807) is 13.8 Å². The molecule has 0 fully saturated rings. The molecule has 0 amide bonds. The third kappa shape index (κ3) is 5.10. The van der Waals surface area contributed by atoms with Gasteiger partial charge in [-0.25, -0.2) is 24.3 Å². The summed E-state index contributed by atoms with van der Waals surface area (Å²) in [5.74, 6) is 0.111. The Balaban J connectivity index is 1.63. The standard InChI is InChI=1S/C26H28F4N8O/c1-24(2,12-27)22-32-8-7-19(35-22)38-20-17(21(39)37(38)14-26(28,29)30)11-33-23(36-20)34-16-5-6-18-15(9-16)10-31-13-25(18,3)4/h5-9,11,31H,10,12-14H2,1-4H3,(H,33,34,36). The molecule has 39 heavy (non-hydrogen) atoms. The molecule has 9 nitrogen and oxygen atoms in total. The van der Waals surface area contributed by atoms with Crippen molar-refractivity contribution < 1.29 is 17.6 Å². The first-order valence-electron chi connectivity index (χ1n) is 12.4. The number of hydrogen-bond acceptors (Lipinski definition) is 7. The van der Waals surface area contributed by atoms with Crippen molar-refractivity contribution in [2.45, 2.75) is 57.8 Å². The summed E-state index contributed by atoms with van der Waals surface area (Å²) in [5.41, 5.74) is 0.875. The Hall–Kier alpha value is -3.87. The number of halogens is 4. The highest BCUT2D eigenvalue weighted by atomic mass is 19.4. The lowest BCUT2D eigenvalue weighted by atomic mass is 9.79. The molecule has 1 aliphatic heterocycles. The monoisotopic (exact) mass is 544 g/mol. The Kier molecular flexibility index (Phi) is 6.44. The third-order valence-electron chi connectivity index (χ3n) is 6.77. The summed E-state index contributed by atoms with van der Waals surface area (Å²) in [6, 6.07) is 7.23. The number of aromatic nitrogens is 6. The number of nitrogens with one attached hydrogen (secondary N) is 2. The van der Waals surface area contributed by atoms with E-state index < -0.39 is 30.4 Å². The van der Waals surface area contributed by atoms with E-state index in [0.29, 0.717) is 16.9 Å². The van der Waals surface area contributed by atoms with E-state index in [2.05, 4.69) is 44.4 Å². The van der Waals surface area contributed by atoms with E-state index in [1.807, 2.05) is 18.2 Å². The molecule has 0 radical (unpaired) electrons. The third-order valence-corrected chi connectivity index (χ3v) is 6.77. The normalized spacial score (nSPS) is 15.4. The zero-order valence-electron chi connectivity index (χ0n) is 21.9. The van der Waals surface area contributed by atoms with Gasteiger partial charge in [-0.15, -0.1) is 0 Å². The summed E-state index contributed by atoms with van der Waals surface area (Å²) >= 11 is 0. The number of fused-ring (bicyclic) bond motifs is 2. The van der Waals surface area contributed by atoms with Gasteiger partial charge in [0.2, 0.25) is 5.95 Å². The van der Waals surface area contributed by atoms with Crippen molar-refractivity contribution in [1.82, 2.24) is 34.6 Å². The quantitative estimate of drug-likeness (QED) is 0.349. The average molecular weight is 545 g/mol. The second-order valence-corrected chi connectivity index (χ2v) is 11.0. The maximum absolute atomic E-state index is 13.6. The first-order chi connectivity index (χ1) is 18.3. The van der Waals surface area contributed by atoms with Gasteiger partial charge in [0.25, 0.3) is 5.56 Å². The molecule has 0 saturated carbocycles. The maximum Gasteiger partial charge on any atom is 0.408 e. The Morgan fingerprint density at radius 2 is 1.90 bits per heavy atom. The minimum atomic E-state index is -4.70. The largest absolute Gasteiger partial charge is 0.408 e. The SMILES string of the molecule is CC(C)(CF)c1nccc(-n2c3nc(Nc4ccc5c(c4)CNCC5(C)C)ncc3c(=O)n2CC(F)(F)F)n1. The van der Waals surface area contributed by atoms with Crippen molar-refractivity contribution in [2.75, 3.05) is 18.5 Å². The predicted molar refractivity (Wildman–Crippen MR) is 138 cm³/mol. The highest BCUT2D eigenvalue weighted by molar-refractivity contribution is 5.77. The van der Waals surface area contributed by atoms with Crippen molar-refractivity contribution in [2.24, 2.45) is 0 Å². The second-order valence-electron chi connectivity index (χ2n) is 11.0. The van der Waals surface area contributed by atoms with E-state index in [4.69, 9.17) is 0 Å². The van der Waals surface area contributed by atoms with Crippen LogP contribution in [0, 0.1) is 0 Å². The Bertz CT molecular complexity index is 1610. The molecule has 2 N–H and O–H groups in total. The first kappa shape index (κ1) is 26.7. The van der Waals surface area contributed by atoms with Crippen LogP contribution >= 0.6 is 0 Å². The second kappa shape index (κ2) is 9.40. The van der Waals surface area contributed by atoms with Gasteiger partial charge in [0.05, 0.1) is 5.41 Å². The van der Waals surface area contributed by atoms with Crippen molar-refractivity contribution in [3.8, 4) is 5.82 Å². The zero-order valence-corrected chi connectivity index (χ0v) is 21.9. The maximum atomic E-state index is 13.6. The van der Waals surface area contributed by atoms with Crippen LogP contribution in [0.2, 0.25) is 0 Å². The predicted octanol–water partition coefficient (Wildman–Crippen LogP) is 4.31. The van der Waals surface area contributed by atoms with Crippen molar-refractivity contribution in [3.05, 3.63) is 64.0 Å². The average Bonchev–Trinajstić information content (AvgIpc) is 3.13. The smallest absolute Gasteiger partial charge is 0.324 e. The Morgan fingerprint density at radius 3 is 2.62 bits per heavy atom. The van der Waals surface area contributed by atoms with E-state index in [0.717, 1.165) is 16.8 Å². The van der Waals surface area contributed by atoms with Crippen LogP contribution in [0.15, 0.2) is 41.5 Å². The highest BCUT2D eigenvalue weighted by Crippen LogP contribution is 2.32. The highest BCUT2D eigenvalue weighted by Gasteiger charge is 2.33. The lowest BCUT2D eigenvalue weighted by molar-refractivity contribution is -0.144. The molecule has 5 rings (SSSR count). The van der Waals surface area contributed by atoms with Gasteiger partial charge in [-0.1, -0.05) is 33.8 Å². The van der Waals surface area contributed by atoms with Gasteiger partial charge in [-0.05, 0) is 23.3 Å². The van der Waals surface area contributed by atoms with E-state index in [-0.39, 0.29) is 34.0 Å². The van der Waals surface area contributed by atoms with Gasteiger partial charge < -0.3 is 10.6 Å². The Labute approximate surface area is 221 Å². The van der Waals surface area contributed by atoms with E-state index in [9.17, 15) is 22.4 Å². The molecule has 0 spiro atoms. The minimum absolute atomic E-state index is 0.0356. The molecule has 4 heterocycles. The molecule has 1 aromatic carbocycles. The molecular formula is C26H28F4N8O. The van der Waals surface area contributed by atoms with Crippen LogP contribution in [-0.2, 0) is 23.9 Å². The minimum Gasteiger partial charge on any atom is -0.324 e. The molecule has 0 unspecified atom stereocenters. The Morgan fingerprint density at radius 1 is 1.13 bits per heavy atom. The number of hydrogen-bond donors (Lipinski definition) is 2. The van der Waals surface area contributed by atoms with Crippen LogP contribution in [-0.4, -0.2) is 48.7 Å². The fraction of sp³-hybridized carbons (Fsp3) is 0.423. The molecule has 1 aliphatic rings. The summed E-state index contributed by atoms with van der Waals surface area (Å²) in [4.78, 5) is 30.1. The van der Waals surface area contributed by atoms with Crippen LogP contribution in [0.3, 0.4) is 0 Å². The lowest BCUT2D eigenvalue weighted by Gasteiger charge is -2.33. The number of nitrogens with zero attached hydrogens (tertiary/aromatic N) is 6. The first-order valence-corrected chi connectivity index (χ1v) is 12.4. The molecule has 3 aromatic heterocycles. The summed E-state index contributed by atoms with van der Waals surface area (Å²) in [7, 11) is 0. The molecule has 4 aromatic rings. The number of benzene rings is 1. The summed E-state index contributed by atoms with van der Waals surface area (Å²) < 4.78 is 55.7. The van der Waals surface area contributed by atoms with E-state index in [1.165, 1.54) is 24.0 Å². The van der Waals surface area contributed by atoms with Gasteiger partial charge >= 0.3 is 6.18 Å². The van der Waals surface area contributed by atoms with Gasteiger partial charge in [-0.3, -0.25) is 9.18 Å². The van der Waals surface area contributed by atoms with E-state index >= 15 is 0 Å². The van der Waals surface area contributed by atoms with Crippen LogP contribution in [0.4, 0.5) is 29.2 Å². The zero-order chi connectivity index (χ0) is 28.2. The number of alkyl halides is 4. The lowest BCUT2D eigenvalue weighted by Crippen LogP contribution is -2.38. The van der Waals surface area contributed by atoms with Crippen LogP contribution < -0.4 is 16.2 Å². The molecule has 13 heteroatoms. The topological polar surface area (TPSA) is 103 Å². The van der Waals surface area contributed by atoms with Crippen LogP contribution in [0.1, 0.15) is 44.6 Å². The van der Waals surface area contributed by atoms with Gasteiger partial charge in [-0.2, -0.15) is 18.2 Å². The molecule has 0 aliphatic carbocycles. The molecule has 0 bridgehead atoms. The van der Waals surface area contributed by atoms with Crippen molar-refractivity contribution in [3.63, 3.8) is 0 Å². The molecule has 206 valence electrons. The fourth-order valence-electron chi connectivity index (χ4n) is 4.70. The van der Waals surface area contributed by atoms with Crippen molar-refractivity contribution in [1.29, 1.82) is 0 Å². The molecule has 0 saturated heterocycles. The summed E-state index contributed by atoms with van der Waals surface area (Å²) in [6.07, 6.45) is -2.21. The van der Waals surface area contributed by atoms with Gasteiger partial charge in [0.1, 0.15) is 24.4 Å².